The summed E-state index contributed by atoms with van der Waals surface area (Å²) in [4.78, 5) is 3.44. The van der Waals surface area contributed by atoms with Gasteiger partial charge in [0.05, 0.1) is 5.60 Å². The van der Waals surface area contributed by atoms with Crippen LogP contribution in [-0.2, 0) is 10.0 Å². The van der Waals surface area contributed by atoms with Crippen molar-refractivity contribution < 1.29 is 17.9 Å². The normalized spacial score (nSPS) is 12.8. The van der Waals surface area contributed by atoms with E-state index in [2.05, 4.69) is 9.71 Å². The largest absolute Gasteiger partial charge is 0.389 e. The van der Waals surface area contributed by atoms with Crippen LogP contribution in [0.2, 0.25) is 0 Å². The van der Waals surface area contributed by atoms with Crippen molar-refractivity contribution in [2.45, 2.75) is 24.5 Å². The number of rotatable bonds is 4. The van der Waals surface area contributed by atoms with Crippen molar-refractivity contribution in [1.82, 2.24) is 9.71 Å². The quantitative estimate of drug-likeness (QED) is 0.801. The van der Waals surface area contributed by atoms with Crippen LogP contribution in [0, 0.1) is 5.82 Å². The fraction of sp³-hybridized carbons (Fsp3) is 0.444. The van der Waals surface area contributed by atoms with Crippen LogP contribution in [0.25, 0.3) is 0 Å². The molecule has 0 aromatic carbocycles. The van der Waals surface area contributed by atoms with Gasteiger partial charge in [-0.15, -0.1) is 0 Å². The van der Waals surface area contributed by atoms with Crippen molar-refractivity contribution in [3.05, 3.63) is 24.1 Å². The number of halogens is 1. The lowest BCUT2D eigenvalue weighted by atomic mass is 10.1. The Bertz CT molecular complexity index is 468. The van der Waals surface area contributed by atoms with Gasteiger partial charge in [-0.25, -0.2) is 22.5 Å². The Morgan fingerprint density at radius 3 is 2.69 bits per heavy atom. The van der Waals surface area contributed by atoms with Crippen molar-refractivity contribution in [1.29, 1.82) is 0 Å². The van der Waals surface area contributed by atoms with Crippen LogP contribution in [0.3, 0.4) is 0 Å². The molecule has 90 valence electrons. The van der Waals surface area contributed by atoms with Crippen molar-refractivity contribution in [2.24, 2.45) is 0 Å². The number of sulfonamides is 1. The molecule has 0 aliphatic heterocycles. The summed E-state index contributed by atoms with van der Waals surface area (Å²) in [5, 5.41) is 8.69. The molecule has 0 aliphatic carbocycles. The molecule has 2 N–H and O–H groups in total. The first kappa shape index (κ1) is 13.0. The van der Waals surface area contributed by atoms with Gasteiger partial charge in [0.25, 0.3) is 10.0 Å². The summed E-state index contributed by atoms with van der Waals surface area (Å²) in [5.74, 6) is -0.925. The molecule has 0 aliphatic rings. The summed E-state index contributed by atoms with van der Waals surface area (Å²) in [6, 6.07) is 2.30. The number of pyridine rings is 1. The second-order valence-corrected chi connectivity index (χ2v) is 5.61. The lowest BCUT2D eigenvalue weighted by Crippen LogP contribution is -2.38. The SMILES string of the molecule is CC(C)(O)CNS(=O)(=O)c1ncccc1F. The monoisotopic (exact) mass is 248 g/mol. The maximum Gasteiger partial charge on any atom is 0.261 e. The van der Waals surface area contributed by atoms with E-state index >= 15 is 0 Å². The summed E-state index contributed by atoms with van der Waals surface area (Å²) >= 11 is 0. The molecule has 1 aromatic heterocycles. The maximum atomic E-state index is 13.2. The van der Waals surface area contributed by atoms with E-state index in [-0.39, 0.29) is 6.54 Å². The molecule has 0 atom stereocenters. The van der Waals surface area contributed by atoms with Crippen LogP contribution in [0.5, 0.6) is 0 Å². The Balaban J connectivity index is 2.92. The van der Waals surface area contributed by atoms with Crippen LogP contribution >= 0.6 is 0 Å². The highest BCUT2D eigenvalue weighted by atomic mass is 32.2. The average Bonchev–Trinajstić information content (AvgIpc) is 2.14. The lowest BCUT2D eigenvalue weighted by Gasteiger charge is -2.17. The number of hydrogen-bond acceptors (Lipinski definition) is 4. The molecule has 1 aromatic rings. The maximum absolute atomic E-state index is 13.2. The molecule has 0 unspecified atom stereocenters. The molecule has 0 saturated heterocycles. The van der Waals surface area contributed by atoms with Crippen molar-refractivity contribution in [3.63, 3.8) is 0 Å². The zero-order chi connectivity index (χ0) is 12.4. The third-order valence-electron chi connectivity index (χ3n) is 1.67. The van der Waals surface area contributed by atoms with Gasteiger partial charge in [-0.1, -0.05) is 0 Å². The molecule has 1 heterocycles. The predicted molar refractivity (Wildman–Crippen MR) is 55.7 cm³/mol. The minimum atomic E-state index is -4.02. The van der Waals surface area contributed by atoms with Crippen LogP contribution < -0.4 is 4.72 Å². The number of aromatic nitrogens is 1. The zero-order valence-corrected chi connectivity index (χ0v) is 9.75. The molecule has 0 amide bonds. The number of hydrogen-bond donors (Lipinski definition) is 2. The van der Waals surface area contributed by atoms with Crippen molar-refractivity contribution in [2.75, 3.05) is 6.54 Å². The standard InChI is InChI=1S/C9H13FN2O3S/c1-9(2,13)6-12-16(14,15)8-7(10)4-3-5-11-8/h3-5,12-13H,6H2,1-2H3. The second kappa shape index (κ2) is 4.44. The lowest BCUT2D eigenvalue weighted by molar-refractivity contribution is 0.0856. The van der Waals surface area contributed by atoms with Gasteiger partial charge in [-0.05, 0) is 26.0 Å². The summed E-state index contributed by atoms with van der Waals surface area (Å²) < 4.78 is 38.4. The molecule has 7 heteroatoms. The fourth-order valence-electron chi connectivity index (χ4n) is 0.909. The summed E-state index contributed by atoms with van der Waals surface area (Å²) in [6.45, 7) is 2.65. The summed E-state index contributed by atoms with van der Waals surface area (Å²) in [7, 11) is -4.02. The Hall–Kier alpha value is -1.05. The highest BCUT2D eigenvalue weighted by molar-refractivity contribution is 7.89. The molecule has 5 nitrogen and oxygen atoms in total. The van der Waals surface area contributed by atoms with Crippen molar-refractivity contribution in [3.8, 4) is 0 Å². The highest BCUT2D eigenvalue weighted by Gasteiger charge is 2.23. The molecule has 16 heavy (non-hydrogen) atoms. The number of aliphatic hydroxyl groups is 1. The molecule has 1 rings (SSSR count). The summed E-state index contributed by atoms with van der Waals surface area (Å²) in [5.41, 5.74) is -1.21. The van der Waals surface area contributed by atoms with E-state index in [0.29, 0.717) is 0 Å². The van der Waals surface area contributed by atoms with Crippen LogP contribution in [-0.4, -0.2) is 30.7 Å². The predicted octanol–water partition coefficient (Wildman–Crippen LogP) is 0.270. The smallest absolute Gasteiger partial charge is 0.261 e. The molecule has 0 radical (unpaired) electrons. The zero-order valence-electron chi connectivity index (χ0n) is 8.94. The van der Waals surface area contributed by atoms with E-state index in [4.69, 9.17) is 0 Å². The average molecular weight is 248 g/mol. The van der Waals surface area contributed by atoms with Gasteiger partial charge in [0, 0.05) is 12.7 Å². The third-order valence-corrected chi connectivity index (χ3v) is 3.01. The highest BCUT2D eigenvalue weighted by Crippen LogP contribution is 2.10. The molecule has 0 saturated carbocycles. The Morgan fingerprint density at radius 1 is 1.56 bits per heavy atom. The van der Waals surface area contributed by atoms with E-state index in [1.54, 1.807) is 0 Å². The number of nitrogens with one attached hydrogen (secondary N) is 1. The van der Waals surface area contributed by atoms with Gasteiger partial charge in [0.15, 0.2) is 5.82 Å². The van der Waals surface area contributed by atoms with Gasteiger partial charge in [-0.2, -0.15) is 0 Å². The van der Waals surface area contributed by atoms with Crippen LogP contribution in [0.1, 0.15) is 13.8 Å². The Morgan fingerprint density at radius 2 is 2.19 bits per heavy atom. The van der Waals surface area contributed by atoms with E-state index in [0.717, 1.165) is 6.07 Å². The van der Waals surface area contributed by atoms with E-state index in [9.17, 15) is 17.9 Å². The Labute approximate surface area is 93.4 Å². The first-order valence-corrected chi connectivity index (χ1v) is 6.03. The van der Waals surface area contributed by atoms with Crippen LogP contribution in [0.15, 0.2) is 23.4 Å². The summed E-state index contributed by atoms with van der Waals surface area (Å²) in [6.07, 6.45) is 1.18. The Kier molecular flexibility index (Phi) is 3.61. The molecule has 0 spiro atoms. The minimum Gasteiger partial charge on any atom is -0.389 e. The van der Waals surface area contributed by atoms with E-state index in [1.165, 1.54) is 26.1 Å². The van der Waals surface area contributed by atoms with Crippen molar-refractivity contribution >= 4 is 10.0 Å². The van der Waals surface area contributed by atoms with Gasteiger partial charge < -0.3 is 5.11 Å². The molecule has 0 bridgehead atoms. The van der Waals surface area contributed by atoms with Crippen LogP contribution in [0.4, 0.5) is 4.39 Å². The first-order chi connectivity index (χ1) is 7.22. The van der Waals surface area contributed by atoms with E-state index < -0.39 is 26.5 Å². The fourth-order valence-corrected chi connectivity index (χ4v) is 2.11. The third kappa shape index (κ3) is 3.51. The molecular formula is C9H13FN2O3S. The molecule has 0 fully saturated rings. The minimum absolute atomic E-state index is 0.217. The van der Waals surface area contributed by atoms with Gasteiger partial charge in [-0.3, -0.25) is 0 Å². The molecular weight excluding hydrogens is 235 g/mol. The van der Waals surface area contributed by atoms with E-state index in [1.807, 2.05) is 0 Å². The first-order valence-electron chi connectivity index (χ1n) is 4.55. The van der Waals surface area contributed by atoms with Gasteiger partial charge in [0.2, 0.25) is 5.03 Å². The topological polar surface area (TPSA) is 79.3 Å². The van der Waals surface area contributed by atoms with Gasteiger partial charge in [0.1, 0.15) is 0 Å². The second-order valence-electron chi connectivity index (χ2n) is 3.93. The number of nitrogens with zero attached hydrogens (tertiary/aromatic N) is 1. The van der Waals surface area contributed by atoms with Gasteiger partial charge >= 0.3 is 0 Å².